The predicted octanol–water partition coefficient (Wildman–Crippen LogP) is 1.09. The molecule has 0 bridgehead atoms. The fourth-order valence-corrected chi connectivity index (χ4v) is 2.90. The maximum atomic E-state index is 11.5. The van der Waals surface area contributed by atoms with Gasteiger partial charge in [-0.3, -0.25) is 4.79 Å². The lowest BCUT2D eigenvalue weighted by Crippen LogP contribution is -2.61. The number of ether oxygens (including phenoxy) is 1. The van der Waals surface area contributed by atoms with Crippen LogP contribution in [0, 0.1) is 12.8 Å². The van der Waals surface area contributed by atoms with Gasteiger partial charge in [0.05, 0.1) is 19.2 Å². The smallest absolute Gasteiger partial charge is 0.266 e. The van der Waals surface area contributed by atoms with E-state index in [0.717, 1.165) is 23.9 Å². The molecule has 0 saturated heterocycles. The number of likely N-dealkylation sites (N-methyl/N-ethyl adjacent to an activating group) is 1. The Kier molecular flexibility index (Phi) is 5.66. The molecule has 6 heteroatoms. The Labute approximate surface area is 137 Å². The Morgan fingerprint density at radius 1 is 1.35 bits per heavy atom. The number of hydrogen-bond donors (Lipinski definition) is 1. The fourth-order valence-electron chi connectivity index (χ4n) is 2.90. The third-order valence-electron chi connectivity index (χ3n) is 4.23. The summed E-state index contributed by atoms with van der Waals surface area (Å²) in [5, 5.41) is 8.89. The second-order valence-corrected chi connectivity index (χ2v) is 5.93. The average molecular weight is 321 g/mol. The molecule has 23 heavy (non-hydrogen) atoms. The van der Waals surface area contributed by atoms with Crippen molar-refractivity contribution in [3.05, 3.63) is 29.2 Å². The van der Waals surface area contributed by atoms with Crippen molar-refractivity contribution in [2.45, 2.75) is 40.7 Å². The van der Waals surface area contributed by atoms with Crippen LogP contribution in [0.15, 0.2) is 12.1 Å². The van der Waals surface area contributed by atoms with E-state index in [1.54, 1.807) is 14.0 Å². The van der Waals surface area contributed by atoms with Gasteiger partial charge in [0, 0.05) is 32.3 Å². The Bertz CT molecular complexity index is 611. The van der Waals surface area contributed by atoms with Crippen molar-refractivity contribution in [3.8, 4) is 5.75 Å². The van der Waals surface area contributed by atoms with Crippen LogP contribution in [0.2, 0.25) is 0 Å². The highest BCUT2D eigenvalue weighted by atomic mass is 16.5. The van der Waals surface area contributed by atoms with E-state index in [1.165, 1.54) is 11.5 Å². The first-order valence-corrected chi connectivity index (χ1v) is 7.40. The topological polar surface area (TPSA) is 78.5 Å². The van der Waals surface area contributed by atoms with E-state index in [4.69, 9.17) is 14.6 Å². The van der Waals surface area contributed by atoms with Crippen LogP contribution < -0.4 is 19.9 Å². The first kappa shape index (κ1) is 18.8. The monoisotopic (exact) mass is 321 g/mol. The summed E-state index contributed by atoms with van der Waals surface area (Å²) in [6, 6.07) is 4.39. The Morgan fingerprint density at radius 2 is 1.87 bits per heavy atom. The molecule has 1 aliphatic rings. The van der Waals surface area contributed by atoms with E-state index >= 15 is 0 Å². The average Bonchev–Trinajstić information content (AvgIpc) is 2.59. The van der Waals surface area contributed by atoms with Crippen LogP contribution in [0.25, 0.3) is 0 Å². The molecule has 1 aromatic carbocycles. The largest absolute Gasteiger partial charge is 0.550 e. The van der Waals surface area contributed by atoms with Crippen molar-refractivity contribution in [2.75, 3.05) is 14.2 Å². The van der Waals surface area contributed by atoms with E-state index in [9.17, 15) is 4.79 Å². The first-order valence-electron chi connectivity index (χ1n) is 7.40. The molecule has 0 spiro atoms. The highest BCUT2D eigenvalue weighted by molar-refractivity contribution is 5.77. The number of carbonyl (C=O) groups excluding carboxylic acids is 2. The summed E-state index contributed by atoms with van der Waals surface area (Å²) in [5.74, 6) is 1.05. The van der Waals surface area contributed by atoms with Gasteiger partial charge in [-0.05, 0) is 13.8 Å². The molecular formula is C17H25N2O4+. The lowest BCUT2D eigenvalue weighted by Gasteiger charge is -2.29. The number of aliphatic carboxylic acids is 1. The molecule has 1 aromatic rings. The lowest BCUT2D eigenvalue weighted by molar-refractivity contribution is -0.302. The molecule has 0 aromatic heterocycles. The van der Waals surface area contributed by atoms with Gasteiger partial charge in [0.15, 0.2) is 11.8 Å². The fraction of sp³-hybridized carbons (Fsp3) is 0.471. The van der Waals surface area contributed by atoms with E-state index in [2.05, 4.69) is 31.4 Å². The summed E-state index contributed by atoms with van der Waals surface area (Å²) in [5.41, 5.74) is 6.43. The lowest BCUT2D eigenvalue weighted by atomic mass is 9.97. The van der Waals surface area contributed by atoms with Crippen LogP contribution in [0.5, 0.6) is 5.75 Å². The van der Waals surface area contributed by atoms with Gasteiger partial charge in [0.2, 0.25) is 5.56 Å². The number of methoxy groups -OCH3 is 1. The number of benzene rings is 1. The van der Waals surface area contributed by atoms with Crippen LogP contribution in [0.1, 0.15) is 38.8 Å². The van der Waals surface area contributed by atoms with E-state index in [1.807, 2.05) is 14.0 Å². The Hall–Kier alpha value is -2.21. The van der Waals surface area contributed by atoms with Crippen LogP contribution in [0.4, 0.5) is 5.69 Å². The number of aryl methyl sites for hydroxylation is 1. The summed E-state index contributed by atoms with van der Waals surface area (Å²) < 4.78 is 5.81. The molecule has 1 aliphatic heterocycles. The minimum atomic E-state index is -1.08. The normalized spacial score (nSPS) is 21.9. The number of carboxylic acid groups (broad SMARTS) is 1. The maximum Gasteiger partial charge on any atom is 0.266 e. The maximum absolute atomic E-state index is 11.5. The third kappa shape index (κ3) is 3.76. The number of nitrogens with zero attached hydrogens (tertiary/aromatic N) is 1. The van der Waals surface area contributed by atoms with Crippen LogP contribution >= 0.6 is 0 Å². The van der Waals surface area contributed by atoms with E-state index in [-0.39, 0.29) is 11.9 Å². The van der Waals surface area contributed by atoms with E-state index < -0.39 is 5.97 Å². The number of carboxylic acids is 1. The molecule has 1 heterocycles. The molecule has 2 atom stereocenters. The number of quaternary nitrogens is 1. The number of fused-ring (bicyclic) bond motifs is 1. The molecule has 1 amide bonds. The number of hydrogen-bond acceptors (Lipinski definition) is 4. The number of amides is 1. The molecular weight excluding hydrogens is 296 g/mol. The summed E-state index contributed by atoms with van der Waals surface area (Å²) >= 11 is 0. The highest BCUT2D eigenvalue weighted by Crippen LogP contribution is 2.45. The van der Waals surface area contributed by atoms with Crippen molar-refractivity contribution in [1.82, 2.24) is 10.0 Å². The van der Waals surface area contributed by atoms with Crippen molar-refractivity contribution in [2.24, 2.45) is 0 Å². The van der Waals surface area contributed by atoms with Gasteiger partial charge in [-0.2, -0.15) is 5.43 Å². The Morgan fingerprint density at radius 3 is 2.30 bits per heavy atom. The molecule has 0 radical (unpaired) electrons. The molecule has 2 unspecified atom stereocenters. The quantitative estimate of drug-likeness (QED) is 0.653. The second kappa shape index (κ2) is 6.91. The summed E-state index contributed by atoms with van der Waals surface area (Å²) in [6.07, 6.45) is 0. The third-order valence-corrected chi connectivity index (χ3v) is 4.23. The zero-order valence-corrected chi connectivity index (χ0v) is 14.8. The molecule has 2 rings (SSSR count). The Balaban J connectivity index is 0.000000593. The zero-order valence-electron chi connectivity index (χ0n) is 14.8. The first-order chi connectivity index (χ1) is 10.5. The summed E-state index contributed by atoms with van der Waals surface area (Å²) in [7, 11) is 3.72. The predicted molar refractivity (Wildman–Crippen MR) is 87.4 cm³/mol. The van der Waals surface area contributed by atoms with Crippen LogP contribution in [-0.4, -0.2) is 32.1 Å². The van der Waals surface area contributed by atoms with Gasteiger partial charge >= 0.3 is 0 Å². The second-order valence-electron chi connectivity index (χ2n) is 5.93. The number of carbonyl (C=O) groups is 2. The highest BCUT2D eigenvalue weighted by Gasteiger charge is 2.55. The van der Waals surface area contributed by atoms with Gasteiger partial charge < -0.3 is 14.6 Å². The molecule has 0 saturated carbocycles. The van der Waals surface area contributed by atoms with Gasteiger partial charge in [-0.25, -0.2) is 0 Å². The van der Waals surface area contributed by atoms with Gasteiger partial charge in [-0.15, -0.1) is 4.59 Å². The molecule has 126 valence electrons. The molecule has 6 nitrogen and oxygen atoms in total. The van der Waals surface area contributed by atoms with Gasteiger partial charge in [0.1, 0.15) is 13.0 Å². The van der Waals surface area contributed by atoms with Crippen molar-refractivity contribution in [3.63, 3.8) is 0 Å². The summed E-state index contributed by atoms with van der Waals surface area (Å²) in [4.78, 5) is 20.4. The van der Waals surface area contributed by atoms with Gasteiger partial charge in [0.25, 0.3) is 11.6 Å². The van der Waals surface area contributed by atoms with Crippen LogP contribution in [-0.2, 0) is 9.59 Å². The zero-order chi connectivity index (χ0) is 17.9. The van der Waals surface area contributed by atoms with Crippen molar-refractivity contribution < 1.29 is 19.4 Å². The standard InChI is InChI=1S/C15H21N2O2.C2H4O2/c1-9-7-14-13(8-15(9)19-6)10(2)11(3)17(14,5)16-12(4)18;1-2(3)4/h7-8,11H,1-6H3;1H3,(H,3,4)/q+1;. The molecule has 0 fully saturated rings. The number of nitrogens with one attached hydrogen (secondary N) is 1. The minimum absolute atomic E-state index is 0.0246. The molecule has 0 aliphatic carbocycles. The summed E-state index contributed by atoms with van der Waals surface area (Å²) in [6.45, 7) is 8.80. The minimum Gasteiger partial charge on any atom is -0.550 e. The van der Waals surface area contributed by atoms with E-state index in [0.29, 0.717) is 4.59 Å². The van der Waals surface area contributed by atoms with Crippen molar-refractivity contribution in [1.29, 1.82) is 0 Å². The van der Waals surface area contributed by atoms with Gasteiger partial charge in [-0.1, -0.05) is 0 Å². The number of rotatable bonds is 2. The van der Waals surface area contributed by atoms with Crippen LogP contribution in [0.3, 0.4) is 0 Å². The van der Waals surface area contributed by atoms with Crippen molar-refractivity contribution >= 4 is 17.6 Å². The molecule has 1 N–H and O–H groups in total. The SMILES string of the molecule is CC(=O)[O-].COc1cc2c(cc1C)[N+](C)(NC(C)=O)C(C)[C+]2C.